The molecule has 9 heteroatoms. The quantitative estimate of drug-likeness (QED) is 0.282. The second-order valence-electron chi connectivity index (χ2n) is 7.67. The fraction of sp³-hybridized carbons (Fsp3) is 0.435. The van der Waals surface area contributed by atoms with Crippen molar-refractivity contribution in [1.82, 2.24) is 10.6 Å². The van der Waals surface area contributed by atoms with Crippen LogP contribution in [0.2, 0.25) is 0 Å². The lowest BCUT2D eigenvalue weighted by atomic mass is 10.0. The van der Waals surface area contributed by atoms with Gasteiger partial charge in [0.15, 0.2) is 0 Å². The van der Waals surface area contributed by atoms with Crippen LogP contribution >= 0.6 is 0 Å². The number of carboxylic acid groups (broad SMARTS) is 1. The maximum atomic E-state index is 12.1. The van der Waals surface area contributed by atoms with E-state index in [2.05, 4.69) is 29.5 Å². The van der Waals surface area contributed by atoms with Crippen molar-refractivity contribution in [3.63, 3.8) is 0 Å². The van der Waals surface area contributed by atoms with Crippen LogP contribution < -0.4 is 21.7 Å². The average molecular weight is 445 g/mol. The second kappa shape index (κ2) is 12.7. The van der Waals surface area contributed by atoms with Gasteiger partial charge in [0.2, 0.25) is 11.8 Å². The molecule has 0 bridgehead atoms. The number of carbonyl (C=O) groups excluding carboxylic acids is 2. The Morgan fingerprint density at radius 3 is 2.53 bits per heavy atom. The van der Waals surface area contributed by atoms with Crippen LogP contribution in [0.25, 0.3) is 0 Å². The van der Waals surface area contributed by atoms with Gasteiger partial charge in [0, 0.05) is 12.1 Å². The smallest absolute Gasteiger partial charge is 0.326 e. The highest BCUT2D eigenvalue weighted by Crippen LogP contribution is 2.18. The number of ether oxygens (including phenoxy) is 1. The fourth-order valence-electron chi connectivity index (χ4n) is 3.16. The molecule has 0 aliphatic carbocycles. The molecule has 1 aromatic carbocycles. The normalized spacial score (nSPS) is 20.4. The van der Waals surface area contributed by atoms with Crippen molar-refractivity contribution in [2.45, 2.75) is 44.4 Å². The van der Waals surface area contributed by atoms with Crippen LogP contribution in [0.4, 0.5) is 5.69 Å². The summed E-state index contributed by atoms with van der Waals surface area (Å²) in [5, 5.41) is 17.5. The zero-order valence-electron chi connectivity index (χ0n) is 18.3. The number of carboxylic acids is 1. The molecule has 2 aliphatic heterocycles. The molecule has 3 rings (SSSR count). The lowest BCUT2D eigenvalue weighted by molar-refractivity contribution is -0.142. The maximum absolute atomic E-state index is 12.1. The number of anilines is 1. The number of carbonyl (C=O) groups is 3. The van der Waals surface area contributed by atoms with E-state index in [1.54, 1.807) is 30.3 Å². The number of hydrogen-bond donors (Lipinski definition) is 5. The first-order valence-electron chi connectivity index (χ1n) is 10.6. The van der Waals surface area contributed by atoms with E-state index in [9.17, 15) is 19.5 Å². The molecule has 2 aliphatic rings. The van der Waals surface area contributed by atoms with Crippen molar-refractivity contribution in [2.24, 2.45) is 5.73 Å². The number of nitrogens with two attached hydrogens (primary N) is 1. The van der Waals surface area contributed by atoms with Crippen LogP contribution in [-0.2, 0) is 25.5 Å². The van der Waals surface area contributed by atoms with Crippen LogP contribution in [-0.4, -0.2) is 60.8 Å². The highest BCUT2D eigenvalue weighted by atomic mass is 16.6. The largest absolute Gasteiger partial charge is 0.480 e. The monoisotopic (exact) mass is 444 g/mol. The summed E-state index contributed by atoms with van der Waals surface area (Å²) in [6.45, 7) is 7.20. The molecule has 0 saturated carbocycles. The van der Waals surface area contributed by atoms with Crippen LogP contribution in [0.3, 0.4) is 0 Å². The Balaban J connectivity index is 0.000000380. The summed E-state index contributed by atoms with van der Waals surface area (Å²) >= 11 is 0. The van der Waals surface area contributed by atoms with Gasteiger partial charge in [-0.1, -0.05) is 30.9 Å². The van der Waals surface area contributed by atoms with E-state index in [1.807, 2.05) is 6.08 Å². The summed E-state index contributed by atoms with van der Waals surface area (Å²) in [6, 6.07) is 5.44. The van der Waals surface area contributed by atoms with Gasteiger partial charge in [-0.2, -0.15) is 0 Å². The average Bonchev–Trinajstić information content (AvgIpc) is 3.49. The predicted molar refractivity (Wildman–Crippen MR) is 122 cm³/mol. The van der Waals surface area contributed by atoms with Crippen LogP contribution in [0.5, 0.6) is 0 Å². The first kappa shape index (κ1) is 25.3. The molecular weight excluding hydrogens is 412 g/mol. The lowest BCUT2D eigenvalue weighted by Gasteiger charge is -2.18. The molecule has 2 saturated heterocycles. The zero-order valence-corrected chi connectivity index (χ0v) is 18.3. The maximum Gasteiger partial charge on any atom is 0.326 e. The van der Waals surface area contributed by atoms with Gasteiger partial charge < -0.3 is 31.5 Å². The summed E-state index contributed by atoms with van der Waals surface area (Å²) in [6.07, 6.45) is 5.97. The Hall–Kier alpha value is -3.01. The molecular formula is C23H32N4O5. The number of benzene rings is 1. The third-order valence-electron chi connectivity index (χ3n) is 5.08. The number of nitrogens with one attached hydrogen (secondary N) is 3. The van der Waals surface area contributed by atoms with Crippen LogP contribution in [0, 0.1) is 0 Å². The lowest BCUT2D eigenvalue weighted by Crippen LogP contribution is -2.49. The molecule has 174 valence electrons. The molecule has 3 unspecified atom stereocenters. The first-order valence-corrected chi connectivity index (χ1v) is 10.6. The van der Waals surface area contributed by atoms with Gasteiger partial charge in [-0.3, -0.25) is 9.59 Å². The van der Waals surface area contributed by atoms with Gasteiger partial charge in [0.1, 0.15) is 12.1 Å². The van der Waals surface area contributed by atoms with Gasteiger partial charge in [0.05, 0.1) is 19.2 Å². The van der Waals surface area contributed by atoms with E-state index in [4.69, 9.17) is 10.5 Å². The molecule has 2 heterocycles. The van der Waals surface area contributed by atoms with Crippen molar-refractivity contribution >= 4 is 23.5 Å². The van der Waals surface area contributed by atoms with Gasteiger partial charge in [-0.15, -0.1) is 0 Å². The molecule has 0 spiro atoms. The number of allylic oxidation sites excluding steroid dienone is 2. The number of rotatable bonds is 9. The molecule has 9 nitrogen and oxygen atoms in total. The molecule has 0 aromatic heterocycles. The SMILES string of the molecule is C=C/C=C(\C)C1CO1.NCC(=O)Nc1ccc(CC(NC(=O)C2CCCN2)C(=O)O)cc1. The highest BCUT2D eigenvalue weighted by Gasteiger charge is 2.27. The molecule has 2 fully saturated rings. The van der Waals surface area contributed by atoms with Crippen LogP contribution in [0.15, 0.2) is 48.6 Å². The van der Waals surface area contributed by atoms with E-state index in [1.165, 1.54) is 5.57 Å². The van der Waals surface area contributed by atoms with E-state index in [0.29, 0.717) is 18.2 Å². The Bertz CT molecular complexity index is 827. The van der Waals surface area contributed by atoms with Gasteiger partial charge in [-0.05, 0) is 49.6 Å². The van der Waals surface area contributed by atoms with E-state index >= 15 is 0 Å². The molecule has 0 radical (unpaired) electrons. The number of epoxide rings is 1. The highest BCUT2D eigenvalue weighted by molar-refractivity contribution is 5.92. The molecule has 6 N–H and O–H groups in total. The molecule has 1 aromatic rings. The molecule has 3 atom stereocenters. The minimum atomic E-state index is -1.08. The van der Waals surface area contributed by atoms with Crippen molar-refractivity contribution in [3.05, 3.63) is 54.1 Å². The topological polar surface area (TPSA) is 146 Å². The van der Waals surface area contributed by atoms with Gasteiger partial charge >= 0.3 is 5.97 Å². The fourth-order valence-corrected chi connectivity index (χ4v) is 3.16. The summed E-state index contributed by atoms with van der Waals surface area (Å²) in [4.78, 5) is 34.7. The summed E-state index contributed by atoms with van der Waals surface area (Å²) in [5.41, 5.74) is 7.83. The van der Waals surface area contributed by atoms with Gasteiger partial charge in [0.25, 0.3) is 0 Å². The van der Waals surface area contributed by atoms with E-state index in [-0.39, 0.29) is 30.8 Å². The predicted octanol–water partition coefficient (Wildman–Crippen LogP) is 0.965. The van der Waals surface area contributed by atoms with Crippen molar-refractivity contribution in [2.75, 3.05) is 25.0 Å². The van der Waals surface area contributed by atoms with Crippen molar-refractivity contribution in [1.29, 1.82) is 0 Å². The summed E-state index contributed by atoms with van der Waals surface area (Å²) < 4.78 is 5.01. The second-order valence-corrected chi connectivity index (χ2v) is 7.67. The Morgan fingerprint density at radius 1 is 1.34 bits per heavy atom. The Labute approximate surface area is 188 Å². The van der Waals surface area contributed by atoms with Crippen molar-refractivity contribution < 1.29 is 24.2 Å². The number of hydrogen-bond acceptors (Lipinski definition) is 6. The van der Waals surface area contributed by atoms with Gasteiger partial charge in [-0.25, -0.2) is 4.79 Å². The molecule has 2 amide bonds. The minimum Gasteiger partial charge on any atom is -0.480 e. The standard InChI is InChI=1S/C16H22N4O4.C7H10O/c17-9-14(21)19-11-5-3-10(4-6-11)8-13(16(23)24)20-15(22)12-2-1-7-18-12;1-3-4-6(2)7-5-8-7/h3-6,12-13,18H,1-2,7-9,17H2,(H,19,21)(H,20,22)(H,23,24);3-4,7H,1,5H2,2H3/b;6-4+. The third-order valence-corrected chi connectivity index (χ3v) is 5.08. The Morgan fingerprint density at radius 2 is 2.03 bits per heavy atom. The van der Waals surface area contributed by atoms with E-state index < -0.39 is 12.0 Å². The van der Waals surface area contributed by atoms with Crippen molar-refractivity contribution in [3.8, 4) is 0 Å². The molecule has 32 heavy (non-hydrogen) atoms. The number of aliphatic carboxylic acids is 1. The van der Waals surface area contributed by atoms with Crippen LogP contribution in [0.1, 0.15) is 25.3 Å². The first-order chi connectivity index (χ1) is 15.3. The Kier molecular flexibility index (Phi) is 10.1. The minimum absolute atomic E-state index is 0.107. The summed E-state index contributed by atoms with van der Waals surface area (Å²) in [7, 11) is 0. The number of amides is 2. The van der Waals surface area contributed by atoms with E-state index in [0.717, 1.165) is 25.1 Å². The third kappa shape index (κ3) is 8.62. The summed E-state index contributed by atoms with van der Waals surface area (Å²) in [5.74, 6) is -1.67. The zero-order chi connectivity index (χ0) is 23.5.